The largest absolute Gasteiger partial charge is 0.412 e. The number of nitrogens with one attached hydrogen (secondary N) is 1. The molecule has 1 amide bonds. The number of carbonyl (C=O) groups excluding carboxylic acids is 1. The predicted molar refractivity (Wildman–Crippen MR) is 125 cm³/mol. The van der Waals surface area contributed by atoms with Crippen LogP contribution in [-0.2, 0) is 16.2 Å². The number of ether oxygens (including phenoxy) is 1. The summed E-state index contributed by atoms with van der Waals surface area (Å²) in [4.78, 5) is 12.6. The summed E-state index contributed by atoms with van der Waals surface area (Å²) in [7, 11) is -1.20. The zero-order valence-corrected chi connectivity index (χ0v) is 21.4. The van der Waals surface area contributed by atoms with Gasteiger partial charge in [0.05, 0.1) is 0 Å². The summed E-state index contributed by atoms with van der Waals surface area (Å²) in [6.45, 7) is 27.3. The fraction of sp³-hybridized carbons (Fsp3) is 0.708. The van der Waals surface area contributed by atoms with Gasteiger partial charge in [-0.2, -0.15) is 0 Å². The van der Waals surface area contributed by atoms with Gasteiger partial charge in [-0.05, 0) is 27.9 Å². The summed E-state index contributed by atoms with van der Waals surface area (Å²) in [6, 6.07) is 5.49. The van der Waals surface area contributed by atoms with Gasteiger partial charge < -0.3 is 10.1 Å². The Bertz CT molecular complexity index is 660. The molecule has 1 aromatic carbocycles. The lowest BCUT2D eigenvalue weighted by Crippen LogP contribution is -2.34. The highest BCUT2D eigenvalue weighted by molar-refractivity contribution is 6.76. The molecule has 0 aliphatic carbocycles. The van der Waals surface area contributed by atoms with Crippen LogP contribution in [0, 0.1) is 0 Å². The highest BCUT2D eigenvalue weighted by Gasteiger charge is 2.31. The van der Waals surface area contributed by atoms with Crippen molar-refractivity contribution in [2.75, 3.05) is 6.54 Å². The predicted octanol–water partition coefficient (Wildman–Crippen LogP) is 7.01. The van der Waals surface area contributed by atoms with Crippen LogP contribution in [0.5, 0.6) is 5.75 Å². The van der Waals surface area contributed by atoms with Crippen molar-refractivity contribution in [2.24, 2.45) is 0 Å². The topological polar surface area (TPSA) is 38.3 Å². The molecule has 0 aromatic heterocycles. The van der Waals surface area contributed by atoms with E-state index in [0.717, 1.165) is 22.9 Å². The van der Waals surface area contributed by atoms with Crippen LogP contribution in [0.15, 0.2) is 12.1 Å². The maximum atomic E-state index is 12.6. The van der Waals surface area contributed by atoms with Gasteiger partial charge >= 0.3 is 6.09 Å². The third-order valence-corrected chi connectivity index (χ3v) is 6.66. The Morgan fingerprint density at radius 2 is 1.29 bits per heavy atom. The fourth-order valence-corrected chi connectivity index (χ4v) is 3.83. The first-order valence-corrected chi connectivity index (χ1v) is 14.2. The molecule has 1 N–H and O–H groups in total. The molecule has 0 fully saturated rings. The van der Waals surface area contributed by atoms with Crippen molar-refractivity contribution >= 4 is 14.2 Å². The second-order valence-corrected chi connectivity index (χ2v) is 17.9. The molecule has 0 aliphatic rings. The van der Waals surface area contributed by atoms with Gasteiger partial charge in [0.15, 0.2) is 0 Å². The lowest BCUT2D eigenvalue weighted by atomic mass is 9.75. The molecule has 160 valence electrons. The van der Waals surface area contributed by atoms with Crippen molar-refractivity contribution in [3.05, 3.63) is 28.8 Å². The smallest absolute Gasteiger partial charge is 0.410 e. The number of hydrogen-bond acceptors (Lipinski definition) is 2. The molecule has 0 bridgehead atoms. The van der Waals surface area contributed by atoms with Gasteiger partial charge in [0.1, 0.15) is 5.75 Å². The van der Waals surface area contributed by atoms with Gasteiger partial charge in [-0.25, -0.2) is 4.79 Å². The summed E-state index contributed by atoms with van der Waals surface area (Å²) in [6.07, 6.45) is -0.349. The monoisotopic (exact) mass is 405 g/mol. The van der Waals surface area contributed by atoms with Crippen molar-refractivity contribution in [3.8, 4) is 5.75 Å². The molecule has 0 saturated heterocycles. The second kappa shape index (κ2) is 8.21. The summed E-state index contributed by atoms with van der Waals surface area (Å²) < 4.78 is 5.98. The zero-order chi connectivity index (χ0) is 22.1. The van der Waals surface area contributed by atoms with E-state index < -0.39 is 8.07 Å². The minimum atomic E-state index is -1.20. The Morgan fingerprint density at radius 1 is 0.857 bits per heavy atom. The Balaban J connectivity index is 3.40. The molecule has 28 heavy (non-hydrogen) atoms. The Morgan fingerprint density at radius 3 is 1.61 bits per heavy atom. The third-order valence-electron chi connectivity index (χ3n) is 4.91. The van der Waals surface area contributed by atoms with Gasteiger partial charge in [0, 0.05) is 25.7 Å². The molecule has 3 nitrogen and oxygen atoms in total. The van der Waals surface area contributed by atoms with E-state index >= 15 is 0 Å². The maximum Gasteiger partial charge on any atom is 0.412 e. The van der Waals surface area contributed by atoms with Gasteiger partial charge in [-0.3, -0.25) is 0 Å². The minimum absolute atomic E-state index is 0.0259. The standard InChI is InChI=1S/C24H43NO2Si/c1-22(2,3)17-15-18(23(4,5)6)20(19(16-17)24(7,8)9)27-21(26)25-13-14-28(10,11)12/h15-16H,13-14H2,1-12H3,(H,25,26). The van der Waals surface area contributed by atoms with Crippen molar-refractivity contribution in [3.63, 3.8) is 0 Å². The van der Waals surface area contributed by atoms with Gasteiger partial charge in [-0.1, -0.05) is 94.1 Å². The normalized spacial score (nSPS) is 13.4. The number of benzene rings is 1. The molecule has 0 aliphatic heterocycles. The van der Waals surface area contributed by atoms with E-state index in [1.165, 1.54) is 5.56 Å². The SMILES string of the molecule is CC(C)(C)c1cc(C(C)(C)C)c(OC(=O)NCC[Si](C)(C)C)c(C(C)(C)C)c1. The first kappa shape index (κ1) is 24.7. The fourth-order valence-electron chi connectivity index (χ4n) is 2.95. The maximum absolute atomic E-state index is 12.6. The molecular weight excluding hydrogens is 362 g/mol. The zero-order valence-electron chi connectivity index (χ0n) is 20.4. The first-order valence-electron chi connectivity index (χ1n) is 10.5. The summed E-state index contributed by atoms with van der Waals surface area (Å²) in [5, 5.41) is 2.96. The van der Waals surface area contributed by atoms with Crippen LogP contribution in [0.1, 0.15) is 79.0 Å². The lowest BCUT2D eigenvalue weighted by Gasteiger charge is -2.32. The van der Waals surface area contributed by atoms with E-state index in [1.54, 1.807) is 0 Å². The second-order valence-electron chi connectivity index (χ2n) is 12.3. The van der Waals surface area contributed by atoms with Crippen LogP contribution in [0.25, 0.3) is 0 Å². The van der Waals surface area contributed by atoms with Crippen molar-refractivity contribution in [1.29, 1.82) is 0 Å². The van der Waals surface area contributed by atoms with E-state index in [1.807, 2.05) is 0 Å². The van der Waals surface area contributed by atoms with Crippen LogP contribution in [0.3, 0.4) is 0 Å². The molecule has 0 heterocycles. The Kier molecular flexibility index (Phi) is 7.26. The molecule has 1 rings (SSSR count). The van der Waals surface area contributed by atoms with Crippen LogP contribution >= 0.6 is 0 Å². The van der Waals surface area contributed by atoms with E-state index in [-0.39, 0.29) is 22.3 Å². The average molecular weight is 406 g/mol. The lowest BCUT2D eigenvalue weighted by molar-refractivity contribution is 0.199. The molecule has 4 heteroatoms. The molecule has 0 atom stereocenters. The summed E-state index contributed by atoms with van der Waals surface area (Å²) in [5.74, 6) is 0.721. The first-order chi connectivity index (χ1) is 12.3. The number of hydrogen-bond donors (Lipinski definition) is 1. The molecule has 0 radical (unpaired) electrons. The number of rotatable bonds is 4. The molecule has 1 aromatic rings. The van der Waals surface area contributed by atoms with E-state index in [2.05, 4.69) is 99.4 Å². The van der Waals surface area contributed by atoms with Gasteiger partial charge in [0.2, 0.25) is 0 Å². The quantitative estimate of drug-likeness (QED) is 0.547. The van der Waals surface area contributed by atoms with Crippen LogP contribution < -0.4 is 10.1 Å². The van der Waals surface area contributed by atoms with Crippen molar-refractivity contribution in [2.45, 2.75) is 104 Å². The van der Waals surface area contributed by atoms with Crippen molar-refractivity contribution < 1.29 is 9.53 Å². The Hall–Kier alpha value is -1.29. The van der Waals surface area contributed by atoms with Crippen molar-refractivity contribution in [1.82, 2.24) is 5.32 Å². The van der Waals surface area contributed by atoms with Gasteiger partial charge in [-0.15, -0.1) is 0 Å². The summed E-state index contributed by atoms with van der Waals surface area (Å²) >= 11 is 0. The highest BCUT2D eigenvalue weighted by atomic mass is 28.3. The van der Waals surface area contributed by atoms with E-state index in [9.17, 15) is 4.79 Å². The van der Waals surface area contributed by atoms with Crippen LogP contribution in [-0.4, -0.2) is 20.7 Å². The molecular formula is C24H43NO2Si. The molecule has 0 saturated carbocycles. The van der Waals surface area contributed by atoms with E-state index in [4.69, 9.17) is 4.74 Å². The minimum Gasteiger partial charge on any atom is -0.410 e. The molecule has 0 spiro atoms. The van der Waals surface area contributed by atoms with E-state index in [0.29, 0.717) is 6.54 Å². The van der Waals surface area contributed by atoms with Gasteiger partial charge in [0.25, 0.3) is 0 Å². The third kappa shape index (κ3) is 7.27. The van der Waals surface area contributed by atoms with Crippen LogP contribution in [0.4, 0.5) is 4.79 Å². The molecule has 0 unspecified atom stereocenters. The summed E-state index contributed by atoms with van der Waals surface area (Å²) in [5.41, 5.74) is 3.21. The Labute approximate surface area is 174 Å². The average Bonchev–Trinajstić information content (AvgIpc) is 2.42. The van der Waals surface area contributed by atoms with Crippen LogP contribution in [0.2, 0.25) is 25.7 Å². The number of carbonyl (C=O) groups is 1. The highest BCUT2D eigenvalue weighted by Crippen LogP contribution is 2.42. The number of amides is 1.